The molecule has 0 aliphatic carbocycles. The van der Waals surface area contributed by atoms with E-state index in [1.54, 1.807) is 0 Å². The standard InChI is InChI=1S/C15H25N3O/c1-11(2)14(18(3)4)10-17-15(19)9-12-5-7-13(16)8-6-12/h5-8,11,14H,9-10,16H2,1-4H3,(H,17,19). The fourth-order valence-corrected chi connectivity index (χ4v) is 2.12. The molecule has 0 aromatic heterocycles. The topological polar surface area (TPSA) is 58.4 Å². The highest BCUT2D eigenvalue weighted by Gasteiger charge is 2.16. The second-order valence-electron chi connectivity index (χ2n) is 5.50. The third kappa shape index (κ3) is 5.30. The lowest BCUT2D eigenvalue weighted by atomic mass is 10.0. The van der Waals surface area contributed by atoms with Crippen molar-refractivity contribution in [2.75, 3.05) is 26.4 Å². The molecular weight excluding hydrogens is 238 g/mol. The summed E-state index contributed by atoms with van der Waals surface area (Å²) >= 11 is 0. The zero-order chi connectivity index (χ0) is 14.4. The highest BCUT2D eigenvalue weighted by Crippen LogP contribution is 2.08. The number of hydrogen-bond donors (Lipinski definition) is 2. The van der Waals surface area contributed by atoms with E-state index in [0.717, 1.165) is 11.3 Å². The minimum absolute atomic E-state index is 0.0530. The van der Waals surface area contributed by atoms with Crippen LogP contribution in [-0.4, -0.2) is 37.5 Å². The maximum absolute atomic E-state index is 11.9. The van der Waals surface area contributed by atoms with E-state index in [0.29, 0.717) is 24.9 Å². The first kappa shape index (κ1) is 15.5. The molecule has 0 radical (unpaired) electrons. The third-order valence-electron chi connectivity index (χ3n) is 3.29. The minimum Gasteiger partial charge on any atom is -0.399 e. The number of nitrogens with one attached hydrogen (secondary N) is 1. The van der Waals surface area contributed by atoms with E-state index < -0.39 is 0 Å². The van der Waals surface area contributed by atoms with Gasteiger partial charge in [-0.2, -0.15) is 0 Å². The van der Waals surface area contributed by atoms with Crippen molar-refractivity contribution < 1.29 is 4.79 Å². The Morgan fingerprint density at radius 1 is 1.26 bits per heavy atom. The predicted octanol–water partition coefficient (Wildman–Crippen LogP) is 1.51. The first-order valence-corrected chi connectivity index (χ1v) is 6.67. The number of likely N-dealkylation sites (N-methyl/N-ethyl adjacent to an activating group) is 1. The molecule has 4 heteroatoms. The summed E-state index contributed by atoms with van der Waals surface area (Å²) < 4.78 is 0. The van der Waals surface area contributed by atoms with Crippen molar-refractivity contribution in [1.82, 2.24) is 10.2 Å². The molecule has 0 saturated carbocycles. The fourth-order valence-electron chi connectivity index (χ4n) is 2.12. The Labute approximate surface area is 116 Å². The highest BCUT2D eigenvalue weighted by atomic mass is 16.1. The molecule has 0 fully saturated rings. The molecule has 0 spiro atoms. The quantitative estimate of drug-likeness (QED) is 0.765. The van der Waals surface area contributed by atoms with Crippen molar-refractivity contribution in [1.29, 1.82) is 0 Å². The van der Waals surface area contributed by atoms with Crippen LogP contribution in [-0.2, 0) is 11.2 Å². The summed E-state index contributed by atoms with van der Waals surface area (Å²) in [6, 6.07) is 7.77. The van der Waals surface area contributed by atoms with Crippen LogP contribution in [0.15, 0.2) is 24.3 Å². The monoisotopic (exact) mass is 263 g/mol. The van der Waals surface area contributed by atoms with Gasteiger partial charge in [-0.3, -0.25) is 4.79 Å². The molecule has 0 saturated heterocycles. The Morgan fingerprint density at radius 2 is 1.84 bits per heavy atom. The molecule has 0 bridgehead atoms. The molecule has 0 heterocycles. The Morgan fingerprint density at radius 3 is 2.32 bits per heavy atom. The van der Waals surface area contributed by atoms with Gasteiger partial charge in [-0.15, -0.1) is 0 Å². The Bertz CT molecular complexity index is 390. The van der Waals surface area contributed by atoms with Gasteiger partial charge in [-0.25, -0.2) is 0 Å². The molecule has 1 unspecified atom stereocenters. The molecule has 1 aromatic rings. The van der Waals surface area contributed by atoms with Gasteiger partial charge in [0.1, 0.15) is 0 Å². The average Bonchev–Trinajstić information content (AvgIpc) is 2.31. The molecule has 0 aliphatic rings. The van der Waals surface area contributed by atoms with Crippen LogP contribution < -0.4 is 11.1 Å². The second-order valence-corrected chi connectivity index (χ2v) is 5.50. The molecule has 106 valence electrons. The number of hydrogen-bond acceptors (Lipinski definition) is 3. The van der Waals surface area contributed by atoms with Crippen LogP contribution in [0.3, 0.4) is 0 Å². The van der Waals surface area contributed by atoms with E-state index in [1.165, 1.54) is 0 Å². The number of nitrogens with zero attached hydrogens (tertiary/aromatic N) is 1. The van der Waals surface area contributed by atoms with Crippen molar-refractivity contribution in [3.63, 3.8) is 0 Å². The molecule has 1 aromatic carbocycles. The molecule has 0 aliphatic heterocycles. The first-order chi connectivity index (χ1) is 8.90. The van der Waals surface area contributed by atoms with Crippen LogP contribution >= 0.6 is 0 Å². The summed E-state index contributed by atoms with van der Waals surface area (Å²) in [5.41, 5.74) is 7.32. The van der Waals surface area contributed by atoms with Crippen molar-refractivity contribution >= 4 is 11.6 Å². The van der Waals surface area contributed by atoms with Crippen molar-refractivity contribution in [3.05, 3.63) is 29.8 Å². The number of rotatable bonds is 6. The summed E-state index contributed by atoms with van der Waals surface area (Å²) in [6.07, 6.45) is 0.401. The number of benzene rings is 1. The van der Waals surface area contributed by atoms with Gasteiger partial charge in [0.25, 0.3) is 0 Å². The van der Waals surface area contributed by atoms with Gasteiger partial charge in [0.2, 0.25) is 5.91 Å². The van der Waals surface area contributed by atoms with E-state index in [-0.39, 0.29) is 5.91 Å². The SMILES string of the molecule is CC(C)C(CNC(=O)Cc1ccc(N)cc1)N(C)C. The molecule has 19 heavy (non-hydrogen) atoms. The van der Waals surface area contributed by atoms with Crippen LogP contribution in [0.4, 0.5) is 5.69 Å². The number of nitrogens with two attached hydrogens (primary N) is 1. The van der Waals surface area contributed by atoms with Gasteiger partial charge in [0.15, 0.2) is 0 Å². The van der Waals surface area contributed by atoms with Crippen LogP contribution in [0.2, 0.25) is 0 Å². The van der Waals surface area contributed by atoms with Crippen molar-refractivity contribution in [2.45, 2.75) is 26.3 Å². The lowest BCUT2D eigenvalue weighted by Crippen LogP contribution is -2.43. The number of anilines is 1. The van der Waals surface area contributed by atoms with E-state index in [9.17, 15) is 4.79 Å². The smallest absolute Gasteiger partial charge is 0.224 e. The fraction of sp³-hybridized carbons (Fsp3) is 0.533. The zero-order valence-corrected chi connectivity index (χ0v) is 12.3. The molecule has 3 N–H and O–H groups in total. The van der Waals surface area contributed by atoms with Crippen molar-refractivity contribution in [3.8, 4) is 0 Å². The Hall–Kier alpha value is -1.55. The summed E-state index contributed by atoms with van der Waals surface area (Å²) in [4.78, 5) is 14.0. The van der Waals surface area contributed by atoms with Gasteiger partial charge < -0.3 is 16.0 Å². The number of carbonyl (C=O) groups is 1. The third-order valence-corrected chi connectivity index (χ3v) is 3.29. The predicted molar refractivity (Wildman–Crippen MR) is 79.9 cm³/mol. The van der Waals surface area contributed by atoms with E-state index in [4.69, 9.17) is 5.73 Å². The lowest BCUT2D eigenvalue weighted by Gasteiger charge is -2.28. The van der Waals surface area contributed by atoms with Crippen LogP contribution in [0.25, 0.3) is 0 Å². The van der Waals surface area contributed by atoms with Gasteiger partial charge in [-0.1, -0.05) is 26.0 Å². The minimum atomic E-state index is 0.0530. The summed E-state index contributed by atoms with van der Waals surface area (Å²) in [7, 11) is 4.08. The largest absolute Gasteiger partial charge is 0.399 e. The lowest BCUT2D eigenvalue weighted by molar-refractivity contribution is -0.120. The van der Waals surface area contributed by atoms with Crippen molar-refractivity contribution in [2.24, 2.45) is 5.92 Å². The van der Waals surface area contributed by atoms with Crippen LogP contribution in [0.5, 0.6) is 0 Å². The molecule has 4 nitrogen and oxygen atoms in total. The first-order valence-electron chi connectivity index (χ1n) is 6.67. The number of amides is 1. The zero-order valence-electron chi connectivity index (χ0n) is 12.3. The maximum Gasteiger partial charge on any atom is 0.224 e. The van der Waals surface area contributed by atoms with Gasteiger partial charge >= 0.3 is 0 Å². The van der Waals surface area contributed by atoms with Crippen LogP contribution in [0, 0.1) is 5.92 Å². The van der Waals surface area contributed by atoms with E-state index >= 15 is 0 Å². The summed E-state index contributed by atoms with van der Waals surface area (Å²) in [6.45, 7) is 5.01. The average molecular weight is 263 g/mol. The Balaban J connectivity index is 2.45. The van der Waals surface area contributed by atoms with E-state index in [1.807, 2.05) is 38.4 Å². The molecule has 1 amide bonds. The van der Waals surface area contributed by atoms with E-state index in [2.05, 4.69) is 24.1 Å². The normalized spacial score (nSPS) is 12.7. The summed E-state index contributed by atoms with van der Waals surface area (Å²) in [5.74, 6) is 0.559. The molecular formula is C15H25N3O. The molecule has 1 rings (SSSR count). The van der Waals surface area contributed by atoms with Gasteiger partial charge in [0, 0.05) is 18.3 Å². The van der Waals surface area contributed by atoms with Gasteiger partial charge in [0.05, 0.1) is 6.42 Å². The highest BCUT2D eigenvalue weighted by molar-refractivity contribution is 5.78. The second kappa shape index (κ2) is 7.14. The maximum atomic E-state index is 11.9. The number of carbonyl (C=O) groups excluding carboxylic acids is 1. The Kier molecular flexibility index (Phi) is 5.83. The van der Waals surface area contributed by atoms with Gasteiger partial charge in [-0.05, 0) is 37.7 Å². The molecule has 1 atom stereocenters. The number of nitrogen functional groups attached to an aromatic ring is 1. The summed E-state index contributed by atoms with van der Waals surface area (Å²) in [5, 5.41) is 3.00. The van der Waals surface area contributed by atoms with Crippen LogP contribution in [0.1, 0.15) is 19.4 Å².